The third kappa shape index (κ3) is 3.97. The molecule has 11 heteroatoms. The van der Waals surface area contributed by atoms with Crippen LogP contribution in [0.15, 0.2) is 53.7 Å². The maximum atomic E-state index is 13.1. The number of nitrogens with zero attached hydrogens (tertiary/aromatic N) is 3. The van der Waals surface area contributed by atoms with Crippen LogP contribution in [0.1, 0.15) is 23.0 Å². The first-order valence-corrected chi connectivity index (χ1v) is 10.1. The Morgan fingerprint density at radius 2 is 1.93 bits per heavy atom. The second-order valence-corrected chi connectivity index (χ2v) is 8.12. The normalized spacial score (nSPS) is 18.4. The van der Waals surface area contributed by atoms with Gasteiger partial charge in [0.1, 0.15) is 11.1 Å². The Balaban J connectivity index is 1.66. The summed E-state index contributed by atoms with van der Waals surface area (Å²) in [6.07, 6.45) is -4.55. The molecule has 0 saturated carbocycles. The summed E-state index contributed by atoms with van der Waals surface area (Å²) < 4.78 is 40.8. The number of hydrogen-bond acceptors (Lipinski definition) is 5. The van der Waals surface area contributed by atoms with E-state index < -0.39 is 28.9 Å². The zero-order valence-corrected chi connectivity index (χ0v) is 17.0. The SMILES string of the molecule is Cc1nnc2n1N[C@@H](c1ccccc1)[C@@H](C(=O)Nc1cc(C(F)(F)F)ccc1Cl)S2. The van der Waals surface area contributed by atoms with E-state index in [0.29, 0.717) is 11.0 Å². The van der Waals surface area contributed by atoms with Crippen LogP contribution >= 0.6 is 23.4 Å². The molecule has 30 heavy (non-hydrogen) atoms. The molecule has 0 fully saturated rings. The van der Waals surface area contributed by atoms with Gasteiger partial charge in [-0.15, -0.1) is 10.2 Å². The molecule has 3 aromatic rings. The molecular weight excluding hydrogens is 439 g/mol. The fraction of sp³-hybridized carbons (Fsp3) is 0.211. The number of aryl methyl sites for hydroxylation is 1. The van der Waals surface area contributed by atoms with Crippen molar-refractivity contribution in [2.24, 2.45) is 0 Å². The van der Waals surface area contributed by atoms with Crippen LogP contribution in [0.4, 0.5) is 18.9 Å². The lowest BCUT2D eigenvalue weighted by Gasteiger charge is -2.32. The number of hydrogen-bond donors (Lipinski definition) is 2. The Kier molecular flexibility index (Phi) is 5.37. The van der Waals surface area contributed by atoms with Gasteiger partial charge >= 0.3 is 6.18 Å². The number of alkyl halides is 3. The van der Waals surface area contributed by atoms with E-state index in [2.05, 4.69) is 20.9 Å². The van der Waals surface area contributed by atoms with E-state index in [4.69, 9.17) is 11.6 Å². The second-order valence-electron chi connectivity index (χ2n) is 6.60. The second kappa shape index (κ2) is 7.84. The zero-order valence-electron chi connectivity index (χ0n) is 15.4. The van der Waals surface area contributed by atoms with Gasteiger partial charge in [-0.25, -0.2) is 4.68 Å². The highest BCUT2D eigenvalue weighted by molar-refractivity contribution is 8.00. The van der Waals surface area contributed by atoms with Crippen molar-refractivity contribution in [1.82, 2.24) is 14.9 Å². The fourth-order valence-corrected chi connectivity index (χ4v) is 4.36. The first-order chi connectivity index (χ1) is 14.2. The first-order valence-electron chi connectivity index (χ1n) is 8.82. The van der Waals surface area contributed by atoms with Gasteiger partial charge in [-0.2, -0.15) is 13.2 Å². The van der Waals surface area contributed by atoms with Gasteiger partial charge in [0.15, 0.2) is 0 Å². The molecule has 2 N–H and O–H groups in total. The number of carbonyl (C=O) groups is 1. The standard InChI is InChI=1S/C19H15ClF3N5OS/c1-10-25-26-18-28(10)27-15(11-5-3-2-4-6-11)16(30-18)17(29)24-14-9-12(19(21,22)23)7-8-13(14)20/h2-9,15-16,27H,1H3,(H,24,29)/t15-,16-/m0/s1. The van der Waals surface area contributed by atoms with Crippen molar-refractivity contribution in [3.05, 3.63) is 70.5 Å². The van der Waals surface area contributed by atoms with Crippen molar-refractivity contribution in [2.75, 3.05) is 10.7 Å². The smallest absolute Gasteiger partial charge is 0.324 e. The predicted molar refractivity (Wildman–Crippen MR) is 108 cm³/mol. The molecule has 0 radical (unpaired) electrons. The van der Waals surface area contributed by atoms with Crippen molar-refractivity contribution >= 4 is 35.0 Å². The summed E-state index contributed by atoms with van der Waals surface area (Å²) in [4.78, 5) is 13.1. The minimum atomic E-state index is -4.55. The average Bonchev–Trinajstić information content (AvgIpc) is 3.08. The Morgan fingerprint density at radius 1 is 1.20 bits per heavy atom. The molecule has 1 aliphatic rings. The number of thioether (sulfide) groups is 1. The Morgan fingerprint density at radius 3 is 2.63 bits per heavy atom. The zero-order chi connectivity index (χ0) is 21.5. The van der Waals surface area contributed by atoms with Crippen LogP contribution in [-0.4, -0.2) is 26.0 Å². The van der Waals surface area contributed by atoms with E-state index in [1.165, 1.54) is 11.8 Å². The van der Waals surface area contributed by atoms with Crippen LogP contribution in [0.5, 0.6) is 0 Å². The van der Waals surface area contributed by atoms with E-state index in [1.54, 1.807) is 11.6 Å². The highest BCUT2D eigenvalue weighted by Crippen LogP contribution is 2.39. The molecule has 6 nitrogen and oxygen atoms in total. The van der Waals surface area contributed by atoms with Crippen LogP contribution in [0, 0.1) is 6.92 Å². The predicted octanol–water partition coefficient (Wildman–Crippen LogP) is 4.66. The Hall–Kier alpha value is -2.72. The van der Waals surface area contributed by atoms with E-state index in [-0.39, 0.29) is 10.7 Å². The molecule has 0 aliphatic carbocycles. The molecule has 156 valence electrons. The summed E-state index contributed by atoms with van der Waals surface area (Å²) in [5, 5.41) is 10.4. The van der Waals surface area contributed by atoms with Crippen molar-refractivity contribution in [3.8, 4) is 0 Å². The van der Waals surface area contributed by atoms with Gasteiger partial charge in [-0.1, -0.05) is 53.7 Å². The molecule has 1 aliphatic heterocycles. The van der Waals surface area contributed by atoms with Gasteiger partial charge in [-0.05, 0) is 30.7 Å². The quantitative estimate of drug-likeness (QED) is 0.603. The third-order valence-electron chi connectivity index (χ3n) is 4.57. The van der Waals surface area contributed by atoms with Crippen LogP contribution in [-0.2, 0) is 11.0 Å². The maximum Gasteiger partial charge on any atom is 0.416 e. The highest BCUT2D eigenvalue weighted by atomic mass is 35.5. The van der Waals surface area contributed by atoms with Crippen molar-refractivity contribution in [1.29, 1.82) is 0 Å². The lowest BCUT2D eigenvalue weighted by Crippen LogP contribution is -2.41. The Labute approximate surface area is 178 Å². The lowest BCUT2D eigenvalue weighted by molar-refractivity contribution is -0.137. The van der Waals surface area contributed by atoms with Crippen molar-refractivity contribution in [2.45, 2.75) is 29.5 Å². The molecule has 1 amide bonds. The molecule has 2 aromatic carbocycles. The number of rotatable bonds is 3. The number of anilines is 1. The van der Waals surface area contributed by atoms with Gasteiger partial charge in [-0.3, -0.25) is 4.79 Å². The van der Waals surface area contributed by atoms with Crippen molar-refractivity contribution in [3.63, 3.8) is 0 Å². The van der Waals surface area contributed by atoms with E-state index >= 15 is 0 Å². The monoisotopic (exact) mass is 453 g/mol. The number of benzene rings is 2. The number of halogens is 4. The number of amides is 1. The fourth-order valence-electron chi connectivity index (χ4n) is 3.07. The summed E-state index contributed by atoms with van der Waals surface area (Å²) in [5.74, 6) is 0.118. The van der Waals surface area contributed by atoms with E-state index in [0.717, 1.165) is 23.8 Å². The van der Waals surface area contributed by atoms with Crippen molar-refractivity contribution < 1.29 is 18.0 Å². The molecule has 2 heterocycles. The summed E-state index contributed by atoms with van der Waals surface area (Å²) in [7, 11) is 0. The van der Waals surface area contributed by atoms with Gasteiger partial charge in [0.25, 0.3) is 0 Å². The van der Waals surface area contributed by atoms with Crippen LogP contribution in [0.3, 0.4) is 0 Å². The number of fused-ring (bicyclic) bond motifs is 1. The average molecular weight is 454 g/mol. The summed E-state index contributed by atoms with van der Waals surface area (Å²) in [6.45, 7) is 1.77. The van der Waals surface area contributed by atoms with Gasteiger partial charge in [0.05, 0.1) is 22.3 Å². The van der Waals surface area contributed by atoms with E-state index in [9.17, 15) is 18.0 Å². The van der Waals surface area contributed by atoms with Gasteiger partial charge in [0.2, 0.25) is 11.1 Å². The molecule has 1 aromatic heterocycles. The first kappa shape index (κ1) is 20.5. The van der Waals surface area contributed by atoms with Gasteiger partial charge < -0.3 is 10.7 Å². The minimum absolute atomic E-state index is 0.0143. The van der Waals surface area contributed by atoms with Crippen LogP contribution in [0.25, 0.3) is 0 Å². The molecule has 0 spiro atoms. The molecule has 0 bridgehead atoms. The third-order valence-corrected chi connectivity index (χ3v) is 6.11. The maximum absolute atomic E-state index is 13.1. The summed E-state index contributed by atoms with van der Waals surface area (Å²) in [5.41, 5.74) is 3.06. The molecular formula is C19H15ClF3N5OS. The molecule has 0 saturated heterocycles. The van der Waals surface area contributed by atoms with Gasteiger partial charge in [0, 0.05) is 0 Å². The van der Waals surface area contributed by atoms with Crippen LogP contribution in [0.2, 0.25) is 5.02 Å². The number of aromatic nitrogens is 3. The van der Waals surface area contributed by atoms with E-state index in [1.807, 2.05) is 30.3 Å². The molecule has 2 atom stereocenters. The number of carbonyl (C=O) groups excluding carboxylic acids is 1. The lowest BCUT2D eigenvalue weighted by atomic mass is 10.0. The summed E-state index contributed by atoms with van der Waals surface area (Å²) in [6, 6.07) is 11.6. The molecule has 4 rings (SSSR count). The summed E-state index contributed by atoms with van der Waals surface area (Å²) >= 11 is 7.21. The topological polar surface area (TPSA) is 71.8 Å². The number of nitrogens with one attached hydrogen (secondary N) is 2. The highest BCUT2D eigenvalue weighted by Gasteiger charge is 2.38. The molecule has 0 unspecified atom stereocenters. The largest absolute Gasteiger partial charge is 0.416 e. The minimum Gasteiger partial charge on any atom is -0.324 e. The van der Waals surface area contributed by atoms with Crippen LogP contribution < -0.4 is 10.7 Å². The Bertz CT molecular complexity index is 1090.